The van der Waals surface area contributed by atoms with Crippen molar-refractivity contribution in [3.8, 4) is 0 Å². The number of hydrogen-bond acceptors (Lipinski definition) is 6. The molecule has 2 aromatic rings. The lowest BCUT2D eigenvalue weighted by molar-refractivity contribution is -0.118. The summed E-state index contributed by atoms with van der Waals surface area (Å²) in [6.07, 6.45) is 1.54. The largest absolute Gasteiger partial charge is 0.378 e. The number of benzene rings is 1. The molecule has 6 nitrogen and oxygen atoms in total. The van der Waals surface area contributed by atoms with Crippen LogP contribution >= 0.6 is 23.4 Å². The maximum Gasteiger partial charge on any atom is 0.230 e. The zero-order chi connectivity index (χ0) is 17.5. The molecule has 0 unspecified atom stereocenters. The molecule has 1 aliphatic heterocycles. The number of aromatic nitrogens is 2. The van der Waals surface area contributed by atoms with Crippen LogP contribution in [0, 0.1) is 0 Å². The fourth-order valence-corrected chi connectivity index (χ4v) is 3.19. The molecule has 132 valence electrons. The lowest BCUT2D eigenvalue weighted by Gasteiger charge is -2.27. The molecule has 2 heterocycles. The molecule has 3 rings (SSSR count). The summed E-state index contributed by atoms with van der Waals surface area (Å²) in [6.45, 7) is 3.55. The molecule has 0 radical (unpaired) electrons. The summed E-state index contributed by atoms with van der Waals surface area (Å²) in [7, 11) is 0. The molecule has 1 fully saturated rings. The van der Waals surface area contributed by atoms with Gasteiger partial charge in [-0.05, 0) is 17.7 Å². The molecule has 1 aromatic heterocycles. The predicted octanol–water partition coefficient (Wildman–Crippen LogP) is 2.38. The van der Waals surface area contributed by atoms with Crippen LogP contribution in [0.3, 0.4) is 0 Å². The maximum atomic E-state index is 12.0. The van der Waals surface area contributed by atoms with Gasteiger partial charge in [0.25, 0.3) is 0 Å². The van der Waals surface area contributed by atoms with Gasteiger partial charge in [0.2, 0.25) is 5.91 Å². The number of morpholine rings is 1. The van der Waals surface area contributed by atoms with E-state index in [1.165, 1.54) is 11.8 Å². The summed E-state index contributed by atoms with van der Waals surface area (Å²) < 4.78 is 5.35. The molecule has 1 aromatic carbocycles. The van der Waals surface area contributed by atoms with E-state index in [0.29, 0.717) is 30.5 Å². The first-order chi connectivity index (χ1) is 12.2. The van der Waals surface area contributed by atoms with Crippen LogP contribution in [0.2, 0.25) is 5.02 Å². The average molecular weight is 379 g/mol. The number of nitrogens with one attached hydrogen (secondary N) is 1. The highest BCUT2D eigenvalue weighted by Crippen LogP contribution is 2.20. The van der Waals surface area contributed by atoms with Crippen molar-refractivity contribution in [2.75, 3.05) is 37.0 Å². The van der Waals surface area contributed by atoms with Gasteiger partial charge in [0.05, 0.1) is 19.0 Å². The zero-order valence-electron chi connectivity index (χ0n) is 13.7. The molecular weight excluding hydrogens is 360 g/mol. The van der Waals surface area contributed by atoms with E-state index in [1.54, 1.807) is 6.33 Å². The number of nitrogens with zero attached hydrogens (tertiary/aromatic N) is 3. The predicted molar refractivity (Wildman–Crippen MR) is 99.1 cm³/mol. The Bertz CT molecular complexity index is 708. The number of ether oxygens (including phenoxy) is 1. The third-order valence-corrected chi connectivity index (χ3v) is 4.89. The van der Waals surface area contributed by atoms with Crippen LogP contribution in [-0.4, -0.2) is 47.9 Å². The van der Waals surface area contributed by atoms with Gasteiger partial charge in [-0.25, -0.2) is 9.97 Å². The Morgan fingerprint density at radius 3 is 2.76 bits per heavy atom. The van der Waals surface area contributed by atoms with E-state index in [9.17, 15) is 4.79 Å². The van der Waals surface area contributed by atoms with Crippen molar-refractivity contribution in [3.05, 3.63) is 47.2 Å². The topological polar surface area (TPSA) is 67.4 Å². The Balaban J connectivity index is 1.47. The first-order valence-corrected chi connectivity index (χ1v) is 9.36. The number of thioether (sulfide) groups is 1. The molecule has 0 saturated carbocycles. The Morgan fingerprint density at radius 2 is 2.00 bits per heavy atom. The fraction of sp³-hybridized carbons (Fsp3) is 0.353. The molecule has 1 amide bonds. The summed E-state index contributed by atoms with van der Waals surface area (Å²) in [5.74, 6) is 1.15. The van der Waals surface area contributed by atoms with Gasteiger partial charge in [-0.2, -0.15) is 0 Å². The molecular formula is C17H19ClN4O2S. The molecule has 0 aliphatic carbocycles. The van der Waals surface area contributed by atoms with Crippen LogP contribution in [0.5, 0.6) is 0 Å². The summed E-state index contributed by atoms with van der Waals surface area (Å²) in [6, 6.07) is 9.34. The molecule has 1 aliphatic rings. The summed E-state index contributed by atoms with van der Waals surface area (Å²) in [4.78, 5) is 22.7. The molecule has 0 spiro atoms. The SMILES string of the molecule is O=C(CSc1cc(N2CCOCC2)ncn1)NCc1ccc(Cl)cc1. The van der Waals surface area contributed by atoms with Crippen molar-refractivity contribution in [1.29, 1.82) is 0 Å². The van der Waals surface area contributed by atoms with Crippen molar-refractivity contribution in [1.82, 2.24) is 15.3 Å². The Morgan fingerprint density at radius 1 is 1.24 bits per heavy atom. The maximum absolute atomic E-state index is 12.0. The lowest BCUT2D eigenvalue weighted by atomic mass is 10.2. The van der Waals surface area contributed by atoms with Crippen molar-refractivity contribution in [2.45, 2.75) is 11.6 Å². The number of rotatable bonds is 6. The van der Waals surface area contributed by atoms with E-state index in [0.717, 1.165) is 29.5 Å². The number of carbonyl (C=O) groups excluding carboxylic acids is 1. The summed E-state index contributed by atoms with van der Waals surface area (Å²) in [5, 5.41) is 4.37. The lowest BCUT2D eigenvalue weighted by Crippen LogP contribution is -2.36. The monoisotopic (exact) mass is 378 g/mol. The Labute approximate surface area is 155 Å². The van der Waals surface area contributed by atoms with Gasteiger partial charge >= 0.3 is 0 Å². The van der Waals surface area contributed by atoms with E-state index in [1.807, 2.05) is 30.3 Å². The molecule has 0 bridgehead atoms. The second kappa shape index (κ2) is 9.03. The van der Waals surface area contributed by atoms with Crippen molar-refractivity contribution >= 4 is 35.1 Å². The van der Waals surface area contributed by atoms with Gasteiger partial charge in [-0.1, -0.05) is 35.5 Å². The van der Waals surface area contributed by atoms with Gasteiger partial charge in [-0.15, -0.1) is 0 Å². The van der Waals surface area contributed by atoms with Crippen LogP contribution in [0.25, 0.3) is 0 Å². The molecule has 25 heavy (non-hydrogen) atoms. The number of halogens is 1. The van der Waals surface area contributed by atoms with Crippen LogP contribution in [0.15, 0.2) is 41.7 Å². The van der Waals surface area contributed by atoms with Gasteiger partial charge in [0.15, 0.2) is 0 Å². The molecule has 0 atom stereocenters. The van der Waals surface area contributed by atoms with Crippen molar-refractivity contribution in [2.24, 2.45) is 0 Å². The van der Waals surface area contributed by atoms with Crippen LogP contribution in [-0.2, 0) is 16.1 Å². The van der Waals surface area contributed by atoms with Crippen LogP contribution < -0.4 is 10.2 Å². The number of carbonyl (C=O) groups is 1. The summed E-state index contributed by atoms with van der Waals surface area (Å²) in [5.41, 5.74) is 1.01. The second-order valence-corrected chi connectivity index (χ2v) is 6.94. The minimum absolute atomic E-state index is 0.0357. The first-order valence-electron chi connectivity index (χ1n) is 7.99. The van der Waals surface area contributed by atoms with E-state index in [-0.39, 0.29) is 5.91 Å². The van der Waals surface area contributed by atoms with Gasteiger partial charge in [-0.3, -0.25) is 4.79 Å². The number of amides is 1. The van der Waals surface area contributed by atoms with Gasteiger partial charge < -0.3 is 15.0 Å². The minimum atomic E-state index is -0.0357. The zero-order valence-corrected chi connectivity index (χ0v) is 15.2. The highest BCUT2D eigenvalue weighted by molar-refractivity contribution is 7.99. The molecule has 1 N–H and O–H groups in total. The third-order valence-electron chi connectivity index (χ3n) is 3.72. The smallest absolute Gasteiger partial charge is 0.230 e. The van der Waals surface area contributed by atoms with Gasteiger partial charge in [0.1, 0.15) is 17.2 Å². The number of anilines is 1. The average Bonchev–Trinajstić information content (AvgIpc) is 2.67. The van der Waals surface area contributed by atoms with Crippen LogP contribution in [0.1, 0.15) is 5.56 Å². The van der Waals surface area contributed by atoms with E-state index in [4.69, 9.17) is 16.3 Å². The third kappa shape index (κ3) is 5.59. The first kappa shape index (κ1) is 18.0. The highest BCUT2D eigenvalue weighted by Gasteiger charge is 2.13. The van der Waals surface area contributed by atoms with Crippen molar-refractivity contribution < 1.29 is 9.53 Å². The van der Waals surface area contributed by atoms with Crippen LogP contribution in [0.4, 0.5) is 5.82 Å². The second-order valence-electron chi connectivity index (χ2n) is 5.51. The Hall–Kier alpha value is -1.83. The van der Waals surface area contributed by atoms with E-state index >= 15 is 0 Å². The standard InChI is InChI=1S/C17H19ClN4O2S/c18-14-3-1-13(2-4-14)10-19-16(23)11-25-17-9-15(20-12-21-17)22-5-7-24-8-6-22/h1-4,9,12H,5-8,10-11H2,(H,19,23). The fourth-order valence-electron chi connectivity index (χ4n) is 2.37. The van der Waals surface area contributed by atoms with Crippen molar-refractivity contribution in [3.63, 3.8) is 0 Å². The van der Waals surface area contributed by atoms with Gasteiger partial charge in [0, 0.05) is 30.7 Å². The highest BCUT2D eigenvalue weighted by atomic mass is 35.5. The number of hydrogen-bond donors (Lipinski definition) is 1. The van der Waals surface area contributed by atoms with E-state index < -0.39 is 0 Å². The van der Waals surface area contributed by atoms with E-state index in [2.05, 4.69) is 20.2 Å². The Kier molecular flexibility index (Phi) is 6.49. The summed E-state index contributed by atoms with van der Waals surface area (Å²) >= 11 is 7.25. The molecule has 1 saturated heterocycles. The quantitative estimate of drug-likeness (QED) is 0.615. The minimum Gasteiger partial charge on any atom is -0.378 e. The normalized spacial score (nSPS) is 14.4. The molecule has 8 heteroatoms.